The van der Waals surface area contributed by atoms with E-state index in [0.717, 1.165) is 51.6 Å². The molecule has 2 aliphatic heterocycles. The van der Waals surface area contributed by atoms with Gasteiger partial charge in [-0.05, 0) is 69.1 Å². The van der Waals surface area contributed by atoms with Gasteiger partial charge in [0.1, 0.15) is 11.6 Å². The zero-order valence-corrected chi connectivity index (χ0v) is 18.3. The van der Waals surface area contributed by atoms with Gasteiger partial charge in [0.05, 0.1) is 11.3 Å². The maximum absolute atomic E-state index is 14.0. The fraction of sp³-hybridized carbons (Fsp3) is 0.583. The number of hydrogen-bond acceptors (Lipinski definition) is 5. The van der Waals surface area contributed by atoms with Crippen LogP contribution in [0.4, 0.5) is 19.0 Å². The molecule has 1 aliphatic carbocycles. The summed E-state index contributed by atoms with van der Waals surface area (Å²) in [6.45, 7) is 6.36. The Morgan fingerprint density at radius 2 is 1.88 bits per heavy atom. The van der Waals surface area contributed by atoms with Gasteiger partial charge in [-0.25, -0.2) is 13.2 Å². The third kappa shape index (κ3) is 4.48. The molecule has 2 aromatic rings. The summed E-state index contributed by atoms with van der Waals surface area (Å²) in [6, 6.07) is 4.99. The van der Waals surface area contributed by atoms with Crippen LogP contribution in [0.5, 0.6) is 0 Å². The minimum atomic E-state index is -1.24. The number of benzene rings is 1. The van der Waals surface area contributed by atoms with E-state index < -0.39 is 17.5 Å². The van der Waals surface area contributed by atoms with Crippen molar-refractivity contribution < 1.29 is 17.9 Å². The van der Waals surface area contributed by atoms with E-state index >= 15 is 0 Å². The lowest BCUT2D eigenvalue weighted by atomic mass is 9.95. The Balaban J connectivity index is 1.16. The van der Waals surface area contributed by atoms with Crippen molar-refractivity contribution >= 4 is 5.82 Å². The molecular formula is C24H29F3N4O. The highest BCUT2D eigenvalue weighted by molar-refractivity contribution is 5.60. The smallest absolute Gasteiger partial charge is 0.168 e. The lowest BCUT2D eigenvalue weighted by Gasteiger charge is -2.37. The molecule has 172 valence electrons. The van der Waals surface area contributed by atoms with Crippen molar-refractivity contribution in [2.24, 2.45) is 11.8 Å². The molecule has 3 heterocycles. The summed E-state index contributed by atoms with van der Waals surface area (Å²) in [7, 11) is 0. The highest BCUT2D eigenvalue weighted by Gasteiger charge is 2.43. The number of nitrogens with zero attached hydrogens (tertiary/aromatic N) is 3. The fourth-order valence-electron chi connectivity index (χ4n) is 5.74. The maximum Gasteiger partial charge on any atom is 0.168 e. The van der Waals surface area contributed by atoms with Crippen LogP contribution >= 0.6 is 0 Å². The summed E-state index contributed by atoms with van der Waals surface area (Å²) < 4.78 is 47.0. The number of rotatable bonds is 5. The van der Waals surface area contributed by atoms with Gasteiger partial charge in [-0.1, -0.05) is 0 Å². The predicted octanol–water partition coefficient (Wildman–Crippen LogP) is 4.64. The molecule has 4 atom stereocenters. The van der Waals surface area contributed by atoms with Crippen LogP contribution in [0.1, 0.15) is 39.0 Å². The molecule has 0 spiro atoms. The van der Waals surface area contributed by atoms with E-state index in [1.54, 1.807) is 6.07 Å². The molecule has 1 saturated carbocycles. The maximum atomic E-state index is 14.0. The first-order valence-corrected chi connectivity index (χ1v) is 11.5. The molecular weight excluding hydrogens is 417 g/mol. The molecule has 1 unspecified atom stereocenters. The summed E-state index contributed by atoms with van der Waals surface area (Å²) in [5, 5.41) is 11.5. The number of fused-ring (bicyclic) bond motifs is 1. The van der Waals surface area contributed by atoms with Crippen LogP contribution in [-0.4, -0.2) is 53.0 Å². The van der Waals surface area contributed by atoms with Gasteiger partial charge in [0, 0.05) is 43.9 Å². The van der Waals surface area contributed by atoms with Crippen LogP contribution in [0.25, 0.3) is 11.3 Å². The van der Waals surface area contributed by atoms with Gasteiger partial charge in [0.25, 0.3) is 0 Å². The van der Waals surface area contributed by atoms with E-state index in [1.807, 2.05) is 0 Å². The lowest BCUT2D eigenvalue weighted by Crippen LogP contribution is -2.44. The zero-order chi connectivity index (χ0) is 22.3. The Hall–Kier alpha value is -2.19. The summed E-state index contributed by atoms with van der Waals surface area (Å²) >= 11 is 0. The summed E-state index contributed by atoms with van der Waals surface area (Å²) in [5.41, 5.74) is -0.132. The van der Waals surface area contributed by atoms with Gasteiger partial charge in [-0.15, -0.1) is 10.2 Å². The molecule has 3 aliphatic rings. The van der Waals surface area contributed by atoms with E-state index in [2.05, 4.69) is 27.3 Å². The molecule has 5 nitrogen and oxygen atoms in total. The Labute approximate surface area is 186 Å². The van der Waals surface area contributed by atoms with Crippen LogP contribution in [0.3, 0.4) is 0 Å². The van der Waals surface area contributed by atoms with Gasteiger partial charge < -0.3 is 10.1 Å². The second-order valence-electron chi connectivity index (χ2n) is 9.84. The van der Waals surface area contributed by atoms with Crippen molar-refractivity contribution in [1.29, 1.82) is 0 Å². The van der Waals surface area contributed by atoms with Gasteiger partial charge in [-0.2, -0.15) is 0 Å². The average Bonchev–Trinajstić information content (AvgIpc) is 3.29. The van der Waals surface area contributed by atoms with Crippen molar-refractivity contribution in [1.82, 2.24) is 15.1 Å². The second kappa shape index (κ2) is 8.63. The van der Waals surface area contributed by atoms with Gasteiger partial charge in [0.2, 0.25) is 0 Å². The highest BCUT2D eigenvalue weighted by Crippen LogP contribution is 2.40. The largest absolute Gasteiger partial charge is 0.374 e. The van der Waals surface area contributed by atoms with Crippen LogP contribution in [0, 0.1) is 29.3 Å². The van der Waals surface area contributed by atoms with Gasteiger partial charge in [-0.3, -0.25) is 4.90 Å². The van der Waals surface area contributed by atoms with E-state index in [9.17, 15) is 13.2 Å². The van der Waals surface area contributed by atoms with Crippen LogP contribution in [0.2, 0.25) is 0 Å². The molecule has 2 saturated heterocycles. The Bertz CT molecular complexity index is 950. The van der Waals surface area contributed by atoms with Crippen molar-refractivity contribution in [3.63, 3.8) is 0 Å². The Morgan fingerprint density at radius 3 is 2.53 bits per heavy atom. The lowest BCUT2D eigenvalue weighted by molar-refractivity contribution is -0.0808. The normalized spacial score (nSPS) is 30.4. The molecule has 0 bridgehead atoms. The standard InChI is InChI=1S/C24H29F3N4O/c1-24(6-2-3-7-32-24)14-31-12-15-8-18(9-16(15)13-31)28-22-5-4-21(29-30-22)19-10-17(25)11-20(26)23(19)27/h4-5,10-11,15-16,18H,2-3,6-9,12-14H2,1H3,(H,28,30)/t15-,16+,18+,24?. The first kappa shape index (κ1) is 21.6. The molecule has 0 radical (unpaired) electrons. The molecule has 8 heteroatoms. The first-order chi connectivity index (χ1) is 15.4. The number of aromatic nitrogens is 2. The third-order valence-corrected chi connectivity index (χ3v) is 7.22. The van der Waals surface area contributed by atoms with Gasteiger partial charge in [0.15, 0.2) is 11.6 Å². The number of nitrogens with one attached hydrogen (secondary N) is 1. The van der Waals surface area contributed by atoms with Crippen LogP contribution < -0.4 is 5.32 Å². The van der Waals surface area contributed by atoms with Crippen LogP contribution in [-0.2, 0) is 4.74 Å². The average molecular weight is 447 g/mol. The van der Waals surface area contributed by atoms with E-state index in [4.69, 9.17) is 4.74 Å². The second-order valence-corrected chi connectivity index (χ2v) is 9.84. The molecule has 3 fully saturated rings. The monoisotopic (exact) mass is 446 g/mol. The van der Waals surface area contributed by atoms with E-state index in [-0.39, 0.29) is 16.9 Å². The number of halogens is 3. The highest BCUT2D eigenvalue weighted by atomic mass is 19.2. The first-order valence-electron chi connectivity index (χ1n) is 11.5. The quantitative estimate of drug-likeness (QED) is 0.678. The number of anilines is 1. The molecule has 0 amide bonds. The zero-order valence-electron chi connectivity index (χ0n) is 18.3. The van der Waals surface area contributed by atoms with E-state index in [0.29, 0.717) is 29.8 Å². The molecule has 1 aromatic carbocycles. The molecule has 5 rings (SSSR count). The van der Waals surface area contributed by atoms with Crippen molar-refractivity contribution in [3.8, 4) is 11.3 Å². The minimum absolute atomic E-state index is 0.00404. The minimum Gasteiger partial charge on any atom is -0.374 e. The Morgan fingerprint density at radius 1 is 1.09 bits per heavy atom. The third-order valence-electron chi connectivity index (χ3n) is 7.22. The SMILES string of the molecule is CC1(CN2C[C@H]3C[C@H](Nc4ccc(-c5cc(F)cc(F)c5F)nn4)C[C@H]3C2)CCCCO1. The summed E-state index contributed by atoms with van der Waals surface area (Å²) in [6.07, 6.45) is 5.72. The molecule has 1 aromatic heterocycles. The number of likely N-dealkylation sites (tertiary alicyclic amines) is 1. The predicted molar refractivity (Wildman–Crippen MR) is 116 cm³/mol. The Kier molecular flexibility index (Phi) is 5.84. The fourth-order valence-corrected chi connectivity index (χ4v) is 5.74. The topological polar surface area (TPSA) is 50.3 Å². The number of ether oxygens (including phenoxy) is 1. The summed E-state index contributed by atoms with van der Waals surface area (Å²) in [4.78, 5) is 2.57. The van der Waals surface area contributed by atoms with Gasteiger partial charge >= 0.3 is 0 Å². The summed E-state index contributed by atoms with van der Waals surface area (Å²) in [5.74, 6) is -1.29. The van der Waals surface area contributed by atoms with Crippen molar-refractivity contribution in [2.75, 3.05) is 31.6 Å². The molecule has 32 heavy (non-hydrogen) atoms. The van der Waals surface area contributed by atoms with E-state index in [1.165, 1.54) is 18.9 Å². The van der Waals surface area contributed by atoms with Crippen molar-refractivity contribution in [2.45, 2.75) is 50.7 Å². The molecule has 1 N–H and O–H groups in total. The van der Waals surface area contributed by atoms with Crippen LogP contribution in [0.15, 0.2) is 24.3 Å². The van der Waals surface area contributed by atoms with Crippen molar-refractivity contribution in [3.05, 3.63) is 41.7 Å². The number of hydrogen-bond donors (Lipinski definition) is 1.